The third kappa shape index (κ3) is 4.04. The molecule has 1 fully saturated rings. The van der Waals surface area contributed by atoms with Crippen LogP contribution in [0.5, 0.6) is 5.75 Å². The molecule has 0 spiro atoms. The molecule has 2 aromatic rings. The predicted octanol–water partition coefficient (Wildman–Crippen LogP) is 2.76. The molecule has 9 heteroatoms. The number of nitrogens with zero attached hydrogens (tertiary/aromatic N) is 4. The summed E-state index contributed by atoms with van der Waals surface area (Å²) in [6, 6.07) is 7.21. The molecule has 4 rings (SSSR count). The van der Waals surface area contributed by atoms with Gasteiger partial charge in [-0.05, 0) is 39.2 Å². The van der Waals surface area contributed by atoms with Crippen LogP contribution in [0.3, 0.4) is 0 Å². The molecule has 8 nitrogen and oxygen atoms in total. The average Bonchev–Trinajstić information content (AvgIpc) is 3.27. The molecule has 166 valence electrons. The number of methoxy groups -OCH3 is 1. The second-order valence-corrected chi connectivity index (χ2v) is 10.1. The summed E-state index contributed by atoms with van der Waals surface area (Å²) in [6.45, 7) is 4.38. The zero-order valence-corrected chi connectivity index (χ0v) is 19.0. The highest BCUT2D eigenvalue weighted by Crippen LogP contribution is 2.36. The second kappa shape index (κ2) is 8.55. The summed E-state index contributed by atoms with van der Waals surface area (Å²) in [5.41, 5.74) is 2.64. The molecule has 3 heterocycles. The Balaban J connectivity index is 1.75. The lowest BCUT2D eigenvalue weighted by Gasteiger charge is -2.31. The van der Waals surface area contributed by atoms with Gasteiger partial charge in [-0.15, -0.1) is 0 Å². The molecule has 1 amide bonds. The fourth-order valence-electron chi connectivity index (χ4n) is 4.42. The molecule has 31 heavy (non-hydrogen) atoms. The van der Waals surface area contributed by atoms with Gasteiger partial charge in [-0.3, -0.25) is 9.69 Å². The molecule has 0 aliphatic carbocycles. The molecule has 2 aliphatic heterocycles. The summed E-state index contributed by atoms with van der Waals surface area (Å²) in [5, 5.41) is 0. The van der Waals surface area contributed by atoms with Crippen molar-refractivity contribution in [2.24, 2.45) is 0 Å². The number of amides is 1. The number of ether oxygens (including phenoxy) is 1. The van der Waals surface area contributed by atoms with E-state index in [1.54, 1.807) is 18.9 Å². The van der Waals surface area contributed by atoms with Gasteiger partial charge in [0.25, 0.3) is 0 Å². The van der Waals surface area contributed by atoms with Gasteiger partial charge in [0.1, 0.15) is 17.4 Å². The largest absolute Gasteiger partial charge is 0.496 e. The Kier molecular flexibility index (Phi) is 5.98. The smallest absolute Gasteiger partial charge is 0.228 e. The first kappa shape index (κ1) is 21.7. The molecule has 1 aromatic heterocycles. The van der Waals surface area contributed by atoms with E-state index in [0.717, 1.165) is 23.2 Å². The van der Waals surface area contributed by atoms with Crippen molar-refractivity contribution < 1.29 is 17.9 Å². The Morgan fingerprint density at radius 2 is 1.97 bits per heavy atom. The molecular weight excluding hydrogens is 416 g/mol. The first-order chi connectivity index (χ1) is 14.9. The van der Waals surface area contributed by atoms with Gasteiger partial charge in [0.15, 0.2) is 0 Å². The van der Waals surface area contributed by atoms with Crippen molar-refractivity contribution in [3.8, 4) is 5.75 Å². The van der Waals surface area contributed by atoms with Gasteiger partial charge in [0.05, 0.1) is 25.4 Å². The van der Waals surface area contributed by atoms with E-state index in [9.17, 15) is 13.2 Å². The molecule has 1 saturated heterocycles. The van der Waals surface area contributed by atoms with Crippen molar-refractivity contribution in [3.63, 3.8) is 0 Å². The van der Waals surface area contributed by atoms with Crippen LogP contribution in [0.1, 0.15) is 54.9 Å². The van der Waals surface area contributed by atoms with Gasteiger partial charge < -0.3 is 4.74 Å². The fraction of sp³-hybridized carbons (Fsp3) is 0.500. The van der Waals surface area contributed by atoms with Gasteiger partial charge in [-0.2, -0.15) is 4.31 Å². The summed E-state index contributed by atoms with van der Waals surface area (Å²) in [7, 11) is -1.75. The van der Waals surface area contributed by atoms with Crippen LogP contribution < -0.4 is 9.64 Å². The molecular formula is C22H28N4O4S. The maximum atomic E-state index is 12.9. The molecule has 2 aliphatic rings. The number of hydrogen-bond acceptors (Lipinski definition) is 6. The zero-order chi connectivity index (χ0) is 22.2. The Hall–Kier alpha value is -2.52. The molecule has 1 aromatic carbocycles. The van der Waals surface area contributed by atoms with E-state index >= 15 is 0 Å². The SMILES string of the molecule is CCS(=O)(=O)N1CCC[C@@H]1c1nc(C)c2c(n1)N(Cc1ccccc1OC)C(=O)CC2. The van der Waals surface area contributed by atoms with Crippen LogP contribution in [0, 0.1) is 6.92 Å². The molecule has 0 saturated carbocycles. The summed E-state index contributed by atoms with van der Waals surface area (Å²) in [5.74, 6) is 1.82. The number of aromatic nitrogens is 2. The topological polar surface area (TPSA) is 92.7 Å². The average molecular weight is 445 g/mol. The lowest BCUT2D eigenvalue weighted by atomic mass is 10.0. The normalized spacial score (nSPS) is 19.5. The number of fused-ring (bicyclic) bond motifs is 1. The van der Waals surface area contributed by atoms with Crippen molar-refractivity contribution in [1.29, 1.82) is 0 Å². The van der Waals surface area contributed by atoms with Crippen LogP contribution in [0.4, 0.5) is 5.82 Å². The number of hydrogen-bond donors (Lipinski definition) is 0. The van der Waals surface area contributed by atoms with Crippen molar-refractivity contribution in [3.05, 3.63) is 46.9 Å². The summed E-state index contributed by atoms with van der Waals surface area (Å²) in [6.07, 6.45) is 2.43. The molecule has 0 bridgehead atoms. The minimum Gasteiger partial charge on any atom is -0.496 e. The third-order valence-corrected chi connectivity index (χ3v) is 7.98. The number of carbonyl (C=O) groups is 1. The molecule has 0 radical (unpaired) electrons. The predicted molar refractivity (Wildman–Crippen MR) is 117 cm³/mol. The number of para-hydroxylation sites is 1. The number of rotatable bonds is 6. The van der Waals surface area contributed by atoms with Gasteiger partial charge in [-0.25, -0.2) is 18.4 Å². The number of carbonyl (C=O) groups excluding carboxylic acids is 1. The molecule has 1 atom stereocenters. The second-order valence-electron chi connectivity index (χ2n) is 7.93. The number of sulfonamides is 1. The summed E-state index contributed by atoms with van der Waals surface area (Å²) in [4.78, 5) is 24.0. The lowest BCUT2D eigenvalue weighted by Crippen LogP contribution is -2.37. The van der Waals surface area contributed by atoms with E-state index in [2.05, 4.69) is 4.98 Å². The Labute approximate surface area is 183 Å². The maximum absolute atomic E-state index is 12.9. The van der Waals surface area contributed by atoms with E-state index in [-0.39, 0.29) is 17.7 Å². The van der Waals surface area contributed by atoms with E-state index in [1.807, 2.05) is 31.2 Å². The van der Waals surface area contributed by atoms with E-state index in [4.69, 9.17) is 9.72 Å². The summed E-state index contributed by atoms with van der Waals surface area (Å²) < 4.78 is 32.1. The Morgan fingerprint density at radius 1 is 1.19 bits per heavy atom. The minimum atomic E-state index is -3.35. The zero-order valence-electron chi connectivity index (χ0n) is 18.2. The van der Waals surface area contributed by atoms with Gasteiger partial charge >= 0.3 is 0 Å². The van der Waals surface area contributed by atoms with Crippen LogP contribution in [-0.2, 0) is 27.8 Å². The van der Waals surface area contributed by atoms with Crippen molar-refractivity contribution >= 4 is 21.7 Å². The first-order valence-corrected chi connectivity index (χ1v) is 12.3. The van der Waals surface area contributed by atoms with Gasteiger partial charge in [-0.1, -0.05) is 18.2 Å². The number of anilines is 1. The van der Waals surface area contributed by atoms with Crippen LogP contribution in [-0.4, -0.2) is 48.0 Å². The van der Waals surface area contributed by atoms with E-state index in [0.29, 0.717) is 49.7 Å². The summed E-state index contributed by atoms with van der Waals surface area (Å²) >= 11 is 0. The minimum absolute atomic E-state index is 0.00749. The van der Waals surface area contributed by atoms with Gasteiger partial charge in [0.2, 0.25) is 15.9 Å². The third-order valence-electron chi connectivity index (χ3n) is 6.10. The monoisotopic (exact) mass is 444 g/mol. The quantitative estimate of drug-likeness (QED) is 0.680. The van der Waals surface area contributed by atoms with Crippen LogP contribution in [0.2, 0.25) is 0 Å². The first-order valence-electron chi connectivity index (χ1n) is 10.6. The van der Waals surface area contributed by atoms with E-state index in [1.165, 1.54) is 4.31 Å². The van der Waals surface area contributed by atoms with Crippen LogP contribution in [0.15, 0.2) is 24.3 Å². The number of aryl methyl sites for hydroxylation is 1. The highest BCUT2D eigenvalue weighted by Gasteiger charge is 2.37. The van der Waals surface area contributed by atoms with Crippen molar-refractivity contribution in [2.75, 3.05) is 24.3 Å². The lowest BCUT2D eigenvalue weighted by molar-refractivity contribution is -0.119. The highest BCUT2D eigenvalue weighted by molar-refractivity contribution is 7.89. The highest BCUT2D eigenvalue weighted by atomic mass is 32.2. The Bertz CT molecular complexity index is 1100. The maximum Gasteiger partial charge on any atom is 0.228 e. The van der Waals surface area contributed by atoms with E-state index < -0.39 is 10.0 Å². The standard InChI is InChI=1S/C22H28N4O4S/c1-4-31(28,29)26-13-7-9-18(26)21-23-15(2)17-11-12-20(27)25(22(17)24-21)14-16-8-5-6-10-19(16)30-3/h5-6,8,10,18H,4,7,9,11-14H2,1-3H3/t18-/m1/s1. The number of benzene rings is 1. The molecule has 0 unspecified atom stereocenters. The van der Waals surface area contributed by atoms with Crippen LogP contribution >= 0.6 is 0 Å². The Morgan fingerprint density at radius 3 is 2.71 bits per heavy atom. The van der Waals surface area contributed by atoms with Crippen LogP contribution in [0.25, 0.3) is 0 Å². The van der Waals surface area contributed by atoms with Crippen molar-refractivity contribution in [1.82, 2.24) is 14.3 Å². The molecule has 0 N–H and O–H groups in total. The fourth-order valence-corrected chi connectivity index (χ4v) is 5.74. The van der Waals surface area contributed by atoms with Crippen molar-refractivity contribution in [2.45, 2.75) is 52.1 Å². The van der Waals surface area contributed by atoms with Gasteiger partial charge in [0, 0.05) is 29.8 Å².